The molecule has 0 radical (unpaired) electrons. The highest BCUT2D eigenvalue weighted by Crippen LogP contribution is 2.48. The Hall–Kier alpha value is -2.60. The van der Waals surface area contributed by atoms with Crippen LogP contribution < -0.4 is 4.74 Å². The molecule has 3 heterocycles. The Balaban J connectivity index is 1.62. The van der Waals surface area contributed by atoms with Gasteiger partial charge in [0.15, 0.2) is 0 Å². The van der Waals surface area contributed by atoms with Crippen LogP contribution in [0.3, 0.4) is 0 Å². The molecule has 0 unspecified atom stereocenters. The summed E-state index contributed by atoms with van der Waals surface area (Å²) in [7, 11) is 0. The minimum Gasteiger partial charge on any atom is -0.464 e. The van der Waals surface area contributed by atoms with Gasteiger partial charge in [0.25, 0.3) is 0 Å². The number of aryl methyl sites for hydroxylation is 1. The van der Waals surface area contributed by atoms with Gasteiger partial charge in [-0.3, -0.25) is 0 Å². The molecule has 2 atom stereocenters. The monoisotopic (exact) mass is 426 g/mol. The Bertz CT molecular complexity index is 1060. The van der Waals surface area contributed by atoms with Gasteiger partial charge >= 0.3 is 0 Å². The molecule has 2 aliphatic rings. The number of hydrazone groups is 1. The van der Waals surface area contributed by atoms with E-state index in [1.165, 1.54) is 12.1 Å². The van der Waals surface area contributed by atoms with E-state index in [1.54, 1.807) is 6.07 Å². The Labute approximate surface area is 164 Å². The Morgan fingerprint density at radius 1 is 1.15 bits per heavy atom. The van der Waals surface area contributed by atoms with Gasteiger partial charge in [0.1, 0.15) is 28.8 Å². The van der Waals surface area contributed by atoms with Gasteiger partial charge in [-0.05, 0) is 49.4 Å². The molecule has 27 heavy (non-hydrogen) atoms. The largest absolute Gasteiger partial charge is 0.464 e. The van der Waals surface area contributed by atoms with Crippen molar-refractivity contribution in [1.29, 1.82) is 0 Å². The van der Waals surface area contributed by atoms with Crippen LogP contribution in [0.4, 0.5) is 4.39 Å². The van der Waals surface area contributed by atoms with Gasteiger partial charge < -0.3 is 9.15 Å². The Kier molecular flexibility index (Phi) is 3.82. The van der Waals surface area contributed by atoms with Crippen molar-refractivity contribution in [3.05, 3.63) is 87.5 Å². The van der Waals surface area contributed by atoms with Crippen molar-refractivity contribution in [1.82, 2.24) is 5.01 Å². The first-order valence-corrected chi connectivity index (χ1v) is 9.52. The van der Waals surface area contributed by atoms with Gasteiger partial charge in [-0.25, -0.2) is 9.40 Å². The van der Waals surface area contributed by atoms with E-state index in [9.17, 15) is 4.39 Å². The third-order valence-electron chi connectivity index (χ3n) is 4.91. The van der Waals surface area contributed by atoms with Crippen LogP contribution in [-0.2, 0) is 0 Å². The molecule has 1 aromatic heterocycles. The standard InChI is InChI=1S/C21H16BrFN2O2/c1-12-5-7-20(26-12)17-11-18-16-10-14(22)6-8-19(16)27-21(25(18)24-17)13-3-2-4-15(23)9-13/h2-10,18,21H,11H2,1H3/t18-,21-/m1/s1. The summed E-state index contributed by atoms with van der Waals surface area (Å²) >= 11 is 3.54. The van der Waals surface area contributed by atoms with Gasteiger partial charge in [-0.15, -0.1) is 0 Å². The van der Waals surface area contributed by atoms with Gasteiger partial charge in [-0.1, -0.05) is 28.1 Å². The number of hydrogen-bond donors (Lipinski definition) is 0. The molecule has 5 rings (SSSR count). The van der Waals surface area contributed by atoms with Crippen LogP contribution in [0.25, 0.3) is 0 Å². The topological polar surface area (TPSA) is 38.0 Å². The lowest BCUT2D eigenvalue weighted by molar-refractivity contribution is -0.0192. The van der Waals surface area contributed by atoms with Crippen LogP contribution in [0.5, 0.6) is 5.75 Å². The average Bonchev–Trinajstić information content (AvgIpc) is 3.27. The summed E-state index contributed by atoms with van der Waals surface area (Å²) in [5.74, 6) is 2.11. The van der Waals surface area contributed by atoms with Crippen molar-refractivity contribution in [2.75, 3.05) is 0 Å². The molecule has 0 saturated heterocycles. The molecule has 0 amide bonds. The second-order valence-electron chi connectivity index (χ2n) is 6.76. The molecule has 0 bridgehead atoms. The van der Waals surface area contributed by atoms with E-state index in [-0.39, 0.29) is 11.9 Å². The lowest BCUT2D eigenvalue weighted by atomic mass is 9.97. The number of rotatable bonds is 2. The van der Waals surface area contributed by atoms with Gasteiger partial charge in [0.2, 0.25) is 6.23 Å². The number of furan rings is 1. The quantitative estimate of drug-likeness (QED) is 0.524. The van der Waals surface area contributed by atoms with E-state index in [2.05, 4.69) is 22.0 Å². The summed E-state index contributed by atoms with van der Waals surface area (Å²) in [5.41, 5.74) is 2.65. The molecule has 0 saturated carbocycles. The predicted octanol–water partition coefficient (Wildman–Crippen LogP) is 5.73. The smallest absolute Gasteiger partial charge is 0.213 e. The normalized spacial score (nSPS) is 20.7. The Morgan fingerprint density at radius 3 is 2.81 bits per heavy atom. The molecule has 0 spiro atoms. The van der Waals surface area contributed by atoms with Crippen LogP contribution in [0, 0.1) is 12.7 Å². The third-order valence-corrected chi connectivity index (χ3v) is 5.40. The van der Waals surface area contributed by atoms with Crippen LogP contribution in [0.2, 0.25) is 0 Å². The lowest BCUT2D eigenvalue weighted by Gasteiger charge is -2.38. The minimum absolute atomic E-state index is 0.0000709. The SMILES string of the molecule is Cc1ccc(C2=NN3[C@H](C2)c2cc(Br)ccc2O[C@@H]3c2cccc(F)c2)o1. The van der Waals surface area contributed by atoms with Crippen LogP contribution in [0.15, 0.2) is 68.6 Å². The van der Waals surface area contributed by atoms with Gasteiger partial charge in [0, 0.05) is 22.0 Å². The molecule has 0 fully saturated rings. The number of hydrogen-bond acceptors (Lipinski definition) is 4. The maximum atomic E-state index is 13.8. The number of ether oxygens (including phenoxy) is 1. The first-order valence-electron chi connectivity index (χ1n) is 8.73. The summed E-state index contributed by atoms with van der Waals surface area (Å²) in [4.78, 5) is 0. The third kappa shape index (κ3) is 2.84. The molecule has 2 aromatic carbocycles. The zero-order chi connectivity index (χ0) is 18.5. The van der Waals surface area contributed by atoms with E-state index in [0.717, 1.165) is 38.6 Å². The minimum atomic E-state index is -0.493. The van der Waals surface area contributed by atoms with Crippen molar-refractivity contribution in [2.45, 2.75) is 25.6 Å². The van der Waals surface area contributed by atoms with E-state index >= 15 is 0 Å². The number of benzene rings is 2. The molecule has 4 nitrogen and oxygen atoms in total. The summed E-state index contributed by atoms with van der Waals surface area (Å²) in [6.45, 7) is 1.91. The number of nitrogens with zero attached hydrogens (tertiary/aromatic N) is 2. The second-order valence-corrected chi connectivity index (χ2v) is 7.68. The zero-order valence-corrected chi connectivity index (χ0v) is 16.1. The molecule has 136 valence electrons. The first kappa shape index (κ1) is 16.6. The van der Waals surface area contributed by atoms with Crippen LogP contribution >= 0.6 is 15.9 Å². The molecule has 3 aromatic rings. The molecular weight excluding hydrogens is 411 g/mol. The van der Waals surface area contributed by atoms with Crippen LogP contribution in [-0.4, -0.2) is 10.7 Å². The van der Waals surface area contributed by atoms with Crippen molar-refractivity contribution < 1.29 is 13.5 Å². The van der Waals surface area contributed by atoms with Crippen molar-refractivity contribution in [3.8, 4) is 5.75 Å². The average molecular weight is 427 g/mol. The molecule has 0 N–H and O–H groups in total. The summed E-state index contributed by atoms with van der Waals surface area (Å²) in [5, 5.41) is 6.72. The number of halogens is 2. The van der Waals surface area contributed by atoms with E-state index in [1.807, 2.05) is 42.3 Å². The first-order chi connectivity index (χ1) is 13.1. The van der Waals surface area contributed by atoms with E-state index in [4.69, 9.17) is 14.3 Å². The highest BCUT2D eigenvalue weighted by Gasteiger charge is 2.41. The molecular formula is C21H16BrFN2O2. The summed E-state index contributed by atoms with van der Waals surface area (Å²) in [6, 6.07) is 16.3. The number of fused-ring (bicyclic) bond motifs is 3. The molecule has 2 aliphatic heterocycles. The van der Waals surface area contributed by atoms with Crippen molar-refractivity contribution in [2.24, 2.45) is 5.10 Å². The maximum absolute atomic E-state index is 13.8. The lowest BCUT2D eigenvalue weighted by Crippen LogP contribution is -2.33. The zero-order valence-electron chi connectivity index (χ0n) is 14.5. The Morgan fingerprint density at radius 2 is 2.04 bits per heavy atom. The fraction of sp³-hybridized carbons (Fsp3) is 0.190. The predicted molar refractivity (Wildman–Crippen MR) is 103 cm³/mol. The van der Waals surface area contributed by atoms with Gasteiger partial charge in [-0.2, -0.15) is 5.10 Å². The summed E-state index contributed by atoms with van der Waals surface area (Å²) < 4.78 is 26.8. The fourth-order valence-electron chi connectivity index (χ4n) is 3.68. The highest BCUT2D eigenvalue weighted by atomic mass is 79.9. The van der Waals surface area contributed by atoms with Crippen molar-refractivity contribution in [3.63, 3.8) is 0 Å². The van der Waals surface area contributed by atoms with E-state index < -0.39 is 6.23 Å². The maximum Gasteiger partial charge on any atom is 0.213 e. The second kappa shape index (κ2) is 6.23. The van der Waals surface area contributed by atoms with Crippen molar-refractivity contribution >= 4 is 21.6 Å². The molecule has 0 aliphatic carbocycles. The van der Waals surface area contributed by atoms with Gasteiger partial charge in [0.05, 0.1) is 6.04 Å². The van der Waals surface area contributed by atoms with E-state index in [0.29, 0.717) is 6.42 Å². The fourth-order valence-corrected chi connectivity index (χ4v) is 4.06. The molecule has 6 heteroatoms. The summed E-state index contributed by atoms with van der Waals surface area (Å²) in [6.07, 6.45) is 0.207. The van der Waals surface area contributed by atoms with Crippen LogP contribution in [0.1, 0.15) is 41.3 Å². The highest BCUT2D eigenvalue weighted by molar-refractivity contribution is 9.10.